The topological polar surface area (TPSA) is 47.7 Å². The molecule has 0 unspecified atom stereocenters. The molecule has 0 N–H and O–H groups in total. The summed E-state index contributed by atoms with van der Waals surface area (Å²) in [6.07, 6.45) is 0. The van der Waals surface area contributed by atoms with E-state index in [9.17, 15) is 0 Å². The van der Waals surface area contributed by atoms with Crippen LogP contribution in [0.1, 0.15) is 11.3 Å². The van der Waals surface area contributed by atoms with E-state index in [4.69, 9.17) is 14.4 Å². The van der Waals surface area contributed by atoms with Gasteiger partial charge in [-0.3, -0.25) is 9.56 Å². The molecular formula is C51H34N4O. The first-order valence-electron chi connectivity index (χ1n) is 18.9. The average Bonchev–Trinajstić information content (AvgIpc) is 3.95. The fourth-order valence-electron chi connectivity index (χ4n) is 8.56. The van der Waals surface area contributed by atoms with Gasteiger partial charge in [-0.2, -0.15) is 0 Å². The van der Waals surface area contributed by atoms with Crippen molar-refractivity contribution in [1.82, 2.24) is 9.13 Å². The lowest BCUT2D eigenvalue weighted by Crippen LogP contribution is -2.20. The zero-order valence-electron chi connectivity index (χ0n) is 30.6. The molecule has 0 aliphatic rings. The van der Waals surface area contributed by atoms with Crippen LogP contribution in [-0.4, -0.2) is 27.9 Å². The number of furan rings is 1. The van der Waals surface area contributed by atoms with Crippen molar-refractivity contribution >= 4 is 77.1 Å². The maximum atomic E-state index is 6.71. The minimum Gasteiger partial charge on any atom is -0.455 e. The number of fused-ring (bicyclic) bond motifs is 10. The van der Waals surface area contributed by atoms with Crippen molar-refractivity contribution in [1.29, 1.82) is 0 Å². The van der Waals surface area contributed by atoms with E-state index in [2.05, 4.69) is 167 Å². The monoisotopic (exact) mass is 718 g/mol. The first kappa shape index (κ1) is 32.0. The summed E-state index contributed by atoms with van der Waals surface area (Å²) in [5.74, 6) is 1.39. The SMILES string of the molecule is C/N=C(\N=C(/c1cc2cc(-c3ccccc3)c3ccccc3c2n1-c1ccccc1)n1c2ccccc2c2c3oc4ccccc4c3ccc21)c1ccccc1. The molecule has 3 aromatic heterocycles. The van der Waals surface area contributed by atoms with E-state index >= 15 is 0 Å². The Balaban J connectivity index is 1.31. The lowest BCUT2D eigenvalue weighted by Gasteiger charge is -2.17. The van der Waals surface area contributed by atoms with Gasteiger partial charge in [0.15, 0.2) is 11.7 Å². The van der Waals surface area contributed by atoms with Crippen molar-refractivity contribution in [2.45, 2.75) is 0 Å². The van der Waals surface area contributed by atoms with E-state index in [1.807, 2.05) is 37.4 Å². The summed E-state index contributed by atoms with van der Waals surface area (Å²) in [6, 6.07) is 66.2. The predicted octanol–water partition coefficient (Wildman–Crippen LogP) is 12.8. The van der Waals surface area contributed by atoms with Crippen LogP contribution in [0.4, 0.5) is 0 Å². The lowest BCUT2D eigenvalue weighted by atomic mass is 9.96. The van der Waals surface area contributed by atoms with E-state index in [1.165, 1.54) is 16.5 Å². The molecule has 5 heteroatoms. The van der Waals surface area contributed by atoms with E-state index in [0.717, 1.165) is 82.8 Å². The Morgan fingerprint density at radius 2 is 1.18 bits per heavy atom. The van der Waals surface area contributed by atoms with Gasteiger partial charge in [0.1, 0.15) is 11.2 Å². The summed E-state index contributed by atoms with van der Waals surface area (Å²) in [4.78, 5) is 10.4. The standard InChI is InChI=1S/C51H34N4O/c1-52-50(34-19-7-3-8-20-34)53-51(55-43-27-15-13-26-41(43)47-44(55)30-29-40-38-24-14-16-28-46(38)56-49(40)47)45-32-35-31-42(33-17-5-2-6-18-33)37-23-11-12-25-39(37)48(35)54(45)36-21-9-4-10-22-36/h2-32H,1H3/b52-50-,53-51+. The molecule has 0 spiro atoms. The van der Waals surface area contributed by atoms with Crippen LogP contribution in [0.15, 0.2) is 202 Å². The smallest absolute Gasteiger partial charge is 0.164 e. The number of amidine groups is 1. The van der Waals surface area contributed by atoms with Crippen molar-refractivity contribution in [3.8, 4) is 16.8 Å². The highest BCUT2D eigenvalue weighted by Gasteiger charge is 2.26. The van der Waals surface area contributed by atoms with Gasteiger partial charge >= 0.3 is 0 Å². The molecule has 0 amide bonds. The Bertz CT molecular complexity index is 3350. The molecule has 11 rings (SSSR count). The largest absolute Gasteiger partial charge is 0.455 e. The molecule has 56 heavy (non-hydrogen) atoms. The van der Waals surface area contributed by atoms with Gasteiger partial charge in [0.05, 0.1) is 27.6 Å². The summed E-state index contributed by atoms with van der Waals surface area (Å²) in [6.45, 7) is 0. The minimum absolute atomic E-state index is 0.635. The van der Waals surface area contributed by atoms with Crippen molar-refractivity contribution in [3.05, 3.63) is 199 Å². The predicted molar refractivity (Wildman–Crippen MR) is 234 cm³/mol. The number of rotatable bonds is 4. The molecule has 0 saturated heterocycles. The van der Waals surface area contributed by atoms with Gasteiger partial charge in [0.2, 0.25) is 0 Å². The number of hydrogen-bond acceptors (Lipinski definition) is 2. The molecule has 264 valence electrons. The lowest BCUT2D eigenvalue weighted by molar-refractivity contribution is 0.673. The van der Waals surface area contributed by atoms with Gasteiger partial charge in [-0.05, 0) is 65.0 Å². The molecule has 0 saturated carbocycles. The number of benzene rings is 8. The second-order valence-corrected chi connectivity index (χ2v) is 14.1. The number of hydrogen-bond donors (Lipinski definition) is 0. The molecule has 5 nitrogen and oxygen atoms in total. The van der Waals surface area contributed by atoms with Crippen LogP contribution in [0.25, 0.3) is 82.2 Å². The third kappa shape index (κ3) is 4.88. The van der Waals surface area contributed by atoms with Gasteiger partial charge in [0, 0.05) is 45.2 Å². The highest BCUT2D eigenvalue weighted by atomic mass is 16.3. The summed E-state index contributed by atoms with van der Waals surface area (Å²) < 4.78 is 11.4. The van der Waals surface area contributed by atoms with Crippen molar-refractivity contribution in [3.63, 3.8) is 0 Å². The zero-order valence-corrected chi connectivity index (χ0v) is 30.6. The number of nitrogens with zero attached hydrogens (tertiary/aromatic N) is 4. The first-order chi connectivity index (χ1) is 27.8. The quantitative estimate of drug-likeness (QED) is 0.132. The normalized spacial score (nSPS) is 12.6. The fraction of sp³-hybridized carbons (Fsp3) is 0.0196. The third-order valence-corrected chi connectivity index (χ3v) is 11.0. The van der Waals surface area contributed by atoms with Crippen LogP contribution < -0.4 is 0 Å². The van der Waals surface area contributed by atoms with Crippen LogP contribution in [0.3, 0.4) is 0 Å². The Hall–Kier alpha value is -7.50. The first-order valence-corrected chi connectivity index (χ1v) is 18.9. The molecule has 0 atom stereocenters. The maximum Gasteiger partial charge on any atom is 0.164 e. The molecule has 0 fully saturated rings. The van der Waals surface area contributed by atoms with Crippen LogP contribution in [0.2, 0.25) is 0 Å². The maximum absolute atomic E-state index is 6.71. The Kier molecular flexibility index (Phi) is 7.32. The summed E-state index contributed by atoms with van der Waals surface area (Å²) >= 11 is 0. The zero-order chi connectivity index (χ0) is 37.2. The van der Waals surface area contributed by atoms with Crippen molar-refractivity contribution < 1.29 is 4.42 Å². The number of aliphatic imine (C=N–C) groups is 2. The molecule has 0 radical (unpaired) electrons. The van der Waals surface area contributed by atoms with Crippen LogP contribution >= 0.6 is 0 Å². The van der Waals surface area contributed by atoms with E-state index < -0.39 is 0 Å². The molecule has 11 aromatic rings. The van der Waals surface area contributed by atoms with Gasteiger partial charge < -0.3 is 8.98 Å². The molecule has 0 aliphatic carbocycles. The van der Waals surface area contributed by atoms with Crippen molar-refractivity contribution in [2.24, 2.45) is 9.98 Å². The highest BCUT2D eigenvalue weighted by Crippen LogP contribution is 2.42. The second-order valence-electron chi connectivity index (χ2n) is 14.1. The summed E-state index contributed by atoms with van der Waals surface area (Å²) in [5, 5.41) is 7.80. The van der Waals surface area contributed by atoms with Crippen LogP contribution in [-0.2, 0) is 0 Å². The third-order valence-electron chi connectivity index (χ3n) is 11.0. The highest BCUT2D eigenvalue weighted by molar-refractivity contribution is 6.28. The second kappa shape index (κ2) is 12.8. The molecule has 3 heterocycles. The van der Waals surface area contributed by atoms with Gasteiger partial charge in [-0.25, -0.2) is 4.99 Å². The minimum atomic E-state index is 0.635. The molecular weight excluding hydrogens is 685 g/mol. The Morgan fingerprint density at radius 1 is 0.536 bits per heavy atom. The van der Waals surface area contributed by atoms with Gasteiger partial charge in [-0.15, -0.1) is 0 Å². The number of aromatic nitrogens is 2. The van der Waals surface area contributed by atoms with E-state index in [-0.39, 0.29) is 0 Å². The van der Waals surface area contributed by atoms with Gasteiger partial charge in [0.25, 0.3) is 0 Å². The summed E-state index contributed by atoms with van der Waals surface area (Å²) in [5.41, 5.74) is 10.2. The van der Waals surface area contributed by atoms with Crippen LogP contribution in [0, 0.1) is 0 Å². The molecule has 0 bridgehead atoms. The van der Waals surface area contributed by atoms with E-state index in [1.54, 1.807) is 0 Å². The van der Waals surface area contributed by atoms with Crippen LogP contribution in [0.5, 0.6) is 0 Å². The Morgan fingerprint density at radius 3 is 1.95 bits per heavy atom. The molecule has 0 aliphatic heterocycles. The van der Waals surface area contributed by atoms with Crippen molar-refractivity contribution in [2.75, 3.05) is 7.05 Å². The summed E-state index contributed by atoms with van der Waals surface area (Å²) in [7, 11) is 1.82. The Labute approximate surface area is 322 Å². The number of para-hydroxylation sites is 3. The van der Waals surface area contributed by atoms with Gasteiger partial charge in [-0.1, -0.05) is 140 Å². The molecule has 8 aromatic carbocycles. The fourth-order valence-corrected chi connectivity index (χ4v) is 8.56. The van der Waals surface area contributed by atoms with E-state index in [0.29, 0.717) is 5.84 Å². The average molecular weight is 719 g/mol.